The summed E-state index contributed by atoms with van der Waals surface area (Å²) in [6, 6.07) is 16.5. The highest BCUT2D eigenvalue weighted by Crippen LogP contribution is 2.49. The van der Waals surface area contributed by atoms with Gasteiger partial charge in [-0.25, -0.2) is 0 Å². The molecule has 0 saturated heterocycles. The lowest BCUT2D eigenvalue weighted by Crippen LogP contribution is -2.21. The van der Waals surface area contributed by atoms with Gasteiger partial charge in [-0.1, -0.05) is 47.5 Å². The van der Waals surface area contributed by atoms with E-state index in [4.69, 9.17) is 23.2 Å². The first-order valence-electron chi connectivity index (χ1n) is 6.25. The van der Waals surface area contributed by atoms with E-state index in [1.807, 2.05) is 24.3 Å². The number of benzene rings is 2. The maximum atomic E-state index is 5.93. The first-order chi connectivity index (χ1) is 8.74. The van der Waals surface area contributed by atoms with Crippen LogP contribution in [-0.2, 0) is 0 Å². The molecule has 92 valence electrons. The zero-order valence-corrected chi connectivity index (χ0v) is 11.5. The molecule has 1 aliphatic rings. The SMILES string of the molecule is Clc1ccc(C2CCC2c2ccc(Cl)cc2)cc1. The monoisotopic (exact) mass is 276 g/mol. The first-order valence-corrected chi connectivity index (χ1v) is 7.00. The van der Waals surface area contributed by atoms with E-state index in [9.17, 15) is 0 Å². The zero-order chi connectivity index (χ0) is 12.5. The summed E-state index contributed by atoms with van der Waals surface area (Å²) >= 11 is 11.9. The third-order valence-electron chi connectivity index (χ3n) is 3.87. The van der Waals surface area contributed by atoms with Crippen molar-refractivity contribution in [3.05, 3.63) is 69.7 Å². The van der Waals surface area contributed by atoms with E-state index < -0.39 is 0 Å². The van der Waals surface area contributed by atoms with Crippen LogP contribution in [0, 0.1) is 0 Å². The molecule has 0 spiro atoms. The fraction of sp³-hybridized carbons (Fsp3) is 0.250. The van der Waals surface area contributed by atoms with Crippen molar-refractivity contribution in [3.8, 4) is 0 Å². The van der Waals surface area contributed by atoms with Gasteiger partial charge in [0.2, 0.25) is 0 Å². The molecule has 0 bridgehead atoms. The molecule has 1 saturated carbocycles. The number of hydrogen-bond acceptors (Lipinski definition) is 0. The van der Waals surface area contributed by atoms with Crippen LogP contribution >= 0.6 is 23.2 Å². The molecule has 1 fully saturated rings. The Bertz CT molecular complexity index is 477. The second-order valence-corrected chi connectivity index (χ2v) is 5.77. The van der Waals surface area contributed by atoms with Crippen LogP contribution in [0.15, 0.2) is 48.5 Å². The molecule has 2 aromatic carbocycles. The fourth-order valence-corrected chi connectivity index (χ4v) is 2.97. The zero-order valence-electron chi connectivity index (χ0n) is 9.94. The average molecular weight is 277 g/mol. The maximum Gasteiger partial charge on any atom is 0.0406 e. The highest BCUT2D eigenvalue weighted by atomic mass is 35.5. The Morgan fingerprint density at radius 3 is 1.22 bits per heavy atom. The van der Waals surface area contributed by atoms with Gasteiger partial charge in [0.15, 0.2) is 0 Å². The van der Waals surface area contributed by atoms with Crippen LogP contribution in [0.4, 0.5) is 0 Å². The molecule has 0 radical (unpaired) electrons. The lowest BCUT2D eigenvalue weighted by molar-refractivity contribution is 0.346. The number of hydrogen-bond donors (Lipinski definition) is 0. The summed E-state index contributed by atoms with van der Waals surface area (Å²) < 4.78 is 0. The van der Waals surface area contributed by atoms with Crippen molar-refractivity contribution in [1.29, 1.82) is 0 Å². The molecule has 1 aliphatic carbocycles. The van der Waals surface area contributed by atoms with E-state index >= 15 is 0 Å². The standard InChI is InChI=1S/C16H14Cl2/c17-13-5-1-11(2-6-13)15-9-10-16(15)12-3-7-14(18)8-4-12/h1-8,15-16H,9-10H2. The molecule has 0 amide bonds. The summed E-state index contributed by atoms with van der Waals surface area (Å²) in [7, 11) is 0. The van der Waals surface area contributed by atoms with Crippen molar-refractivity contribution < 1.29 is 0 Å². The Kier molecular flexibility index (Phi) is 3.32. The topological polar surface area (TPSA) is 0 Å². The van der Waals surface area contributed by atoms with Crippen LogP contribution < -0.4 is 0 Å². The molecule has 0 aromatic heterocycles. The largest absolute Gasteiger partial charge is 0.0843 e. The normalized spacial score (nSPS) is 22.6. The molecule has 0 aliphatic heterocycles. The Hall–Kier alpha value is -0.980. The van der Waals surface area contributed by atoms with Crippen LogP contribution in [0.5, 0.6) is 0 Å². The summed E-state index contributed by atoms with van der Waals surface area (Å²) in [5.41, 5.74) is 2.79. The smallest absolute Gasteiger partial charge is 0.0406 e. The van der Waals surface area contributed by atoms with E-state index in [2.05, 4.69) is 24.3 Å². The van der Waals surface area contributed by atoms with Gasteiger partial charge in [-0.05, 0) is 60.1 Å². The van der Waals surface area contributed by atoms with Crippen molar-refractivity contribution in [1.82, 2.24) is 0 Å². The molecular formula is C16H14Cl2. The lowest BCUT2D eigenvalue weighted by Gasteiger charge is -2.37. The van der Waals surface area contributed by atoms with Gasteiger partial charge in [-0.3, -0.25) is 0 Å². The molecule has 2 aromatic rings. The molecular weight excluding hydrogens is 263 g/mol. The summed E-state index contributed by atoms with van der Waals surface area (Å²) in [4.78, 5) is 0. The molecule has 2 heteroatoms. The van der Waals surface area contributed by atoms with Crippen LogP contribution in [-0.4, -0.2) is 0 Å². The van der Waals surface area contributed by atoms with Crippen molar-refractivity contribution in [2.45, 2.75) is 24.7 Å². The summed E-state index contributed by atoms with van der Waals surface area (Å²) in [6.45, 7) is 0. The van der Waals surface area contributed by atoms with Gasteiger partial charge in [0.05, 0.1) is 0 Å². The van der Waals surface area contributed by atoms with Crippen molar-refractivity contribution >= 4 is 23.2 Å². The molecule has 2 atom stereocenters. The minimum Gasteiger partial charge on any atom is -0.0843 e. The summed E-state index contributed by atoms with van der Waals surface area (Å²) in [5, 5.41) is 1.61. The molecule has 3 rings (SSSR count). The van der Waals surface area contributed by atoms with Gasteiger partial charge in [-0.15, -0.1) is 0 Å². The molecule has 0 N–H and O–H groups in total. The van der Waals surface area contributed by atoms with Gasteiger partial charge < -0.3 is 0 Å². The molecule has 18 heavy (non-hydrogen) atoms. The Morgan fingerprint density at radius 1 is 0.611 bits per heavy atom. The van der Waals surface area contributed by atoms with Crippen LogP contribution in [0.25, 0.3) is 0 Å². The second kappa shape index (κ2) is 4.95. The first kappa shape index (κ1) is 12.1. The van der Waals surface area contributed by atoms with Crippen LogP contribution in [0.3, 0.4) is 0 Å². The molecule has 2 unspecified atom stereocenters. The van der Waals surface area contributed by atoms with Gasteiger partial charge in [0, 0.05) is 10.0 Å². The fourth-order valence-electron chi connectivity index (χ4n) is 2.72. The Morgan fingerprint density at radius 2 is 0.944 bits per heavy atom. The summed E-state index contributed by atoms with van der Waals surface area (Å²) in [6.07, 6.45) is 2.52. The van der Waals surface area contributed by atoms with Crippen LogP contribution in [0.2, 0.25) is 10.0 Å². The van der Waals surface area contributed by atoms with Gasteiger partial charge in [0.1, 0.15) is 0 Å². The van der Waals surface area contributed by atoms with E-state index in [1.165, 1.54) is 24.0 Å². The average Bonchev–Trinajstić information content (AvgIpc) is 2.33. The Balaban J connectivity index is 1.83. The predicted molar refractivity (Wildman–Crippen MR) is 77.6 cm³/mol. The molecule has 0 nitrogen and oxygen atoms in total. The van der Waals surface area contributed by atoms with E-state index in [0.717, 1.165) is 10.0 Å². The minimum absolute atomic E-state index is 0.628. The van der Waals surface area contributed by atoms with Gasteiger partial charge in [0.25, 0.3) is 0 Å². The third kappa shape index (κ3) is 2.28. The van der Waals surface area contributed by atoms with Crippen LogP contribution in [0.1, 0.15) is 35.8 Å². The Labute approximate surface area is 118 Å². The lowest BCUT2D eigenvalue weighted by atomic mass is 9.67. The summed E-state index contributed by atoms with van der Waals surface area (Å²) in [5.74, 6) is 1.26. The number of rotatable bonds is 2. The highest BCUT2D eigenvalue weighted by Gasteiger charge is 2.32. The van der Waals surface area contributed by atoms with Crippen molar-refractivity contribution in [2.75, 3.05) is 0 Å². The minimum atomic E-state index is 0.628. The number of halogens is 2. The van der Waals surface area contributed by atoms with E-state index in [0.29, 0.717) is 11.8 Å². The quantitative estimate of drug-likeness (QED) is 0.665. The predicted octanol–water partition coefficient (Wildman–Crippen LogP) is 5.65. The maximum absolute atomic E-state index is 5.93. The molecule has 0 heterocycles. The van der Waals surface area contributed by atoms with E-state index in [-0.39, 0.29) is 0 Å². The van der Waals surface area contributed by atoms with Gasteiger partial charge in [-0.2, -0.15) is 0 Å². The third-order valence-corrected chi connectivity index (χ3v) is 4.37. The van der Waals surface area contributed by atoms with Gasteiger partial charge >= 0.3 is 0 Å². The van der Waals surface area contributed by atoms with Crippen molar-refractivity contribution in [2.24, 2.45) is 0 Å². The van der Waals surface area contributed by atoms with Crippen molar-refractivity contribution in [3.63, 3.8) is 0 Å². The second-order valence-electron chi connectivity index (χ2n) is 4.89. The highest BCUT2D eigenvalue weighted by molar-refractivity contribution is 6.30. The van der Waals surface area contributed by atoms with E-state index in [1.54, 1.807) is 0 Å².